The van der Waals surface area contributed by atoms with Crippen LogP contribution in [-0.2, 0) is 22.6 Å². The highest BCUT2D eigenvalue weighted by Gasteiger charge is 2.46. The number of aliphatic hydroxyl groups excluding tert-OH is 1. The van der Waals surface area contributed by atoms with Crippen LogP contribution in [0.15, 0.2) is 66.5 Å². The molecule has 1 saturated heterocycles. The second-order valence-corrected chi connectivity index (χ2v) is 10.7. The standard InChI is InChI=1S/C32H34N2O6/c1-19(2)11-14-39-26-8-5-22(17-27(26)38-4)29-28(30(35)23-6-7-25-24(16-23)15-20(3)40-25)31(36)32(37)34(29)18-21-9-12-33-13-10-21/h5-10,12-13,16-17,19-20,29,35H,11,14-15,18H2,1-4H3/t20-,29-/m0/s1. The minimum Gasteiger partial charge on any atom is -0.507 e. The van der Waals surface area contributed by atoms with E-state index in [0.29, 0.717) is 41.6 Å². The summed E-state index contributed by atoms with van der Waals surface area (Å²) in [5, 5.41) is 11.5. The van der Waals surface area contributed by atoms with Gasteiger partial charge >= 0.3 is 0 Å². The lowest BCUT2D eigenvalue weighted by Gasteiger charge is -2.26. The van der Waals surface area contributed by atoms with E-state index in [4.69, 9.17) is 14.2 Å². The molecule has 2 aromatic carbocycles. The molecule has 0 radical (unpaired) electrons. The van der Waals surface area contributed by atoms with E-state index < -0.39 is 17.7 Å². The lowest BCUT2D eigenvalue weighted by atomic mass is 9.94. The molecule has 208 valence electrons. The Bertz CT molecular complexity index is 1450. The third-order valence-corrected chi connectivity index (χ3v) is 7.27. The Balaban J connectivity index is 1.59. The third kappa shape index (κ3) is 5.39. The van der Waals surface area contributed by atoms with E-state index in [9.17, 15) is 14.7 Å². The summed E-state index contributed by atoms with van der Waals surface area (Å²) in [6, 6.07) is 13.5. The van der Waals surface area contributed by atoms with E-state index in [1.54, 1.807) is 55.9 Å². The minimum atomic E-state index is -0.838. The minimum absolute atomic E-state index is 0.0292. The van der Waals surface area contributed by atoms with Crippen molar-refractivity contribution in [2.75, 3.05) is 13.7 Å². The zero-order valence-corrected chi connectivity index (χ0v) is 23.2. The van der Waals surface area contributed by atoms with Gasteiger partial charge < -0.3 is 24.2 Å². The van der Waals surface area contributed by atoms with Crippen molar-refractivity contribution in [3.8, 4) is 17.2 Å². The van der Waals surface area contributed by atoms with Crippen molar-refractivity contribution in [1.29, 1.82) is 0 Å². The monoisotopic (exact) mass is 542 g/mol. The first-order valence-electron chi connectivity index (χ1n) is 13.5. The molecule has 1 N–H and O–H groups in total. The van der Waals surface area contributed by atoms with Gasteiger partial charge in [-0.15, -0.1) is 0 Å². The molecule has 40 heavy (non-hydrogen) atoms. The van der Waals surface area contributed by atoms with Crippen LogP contribution in [0.1, 0.15) is 55.5 Å². The molecular weight excluding hydrogens is 508 g/mol. The van der Waals surface area contributed by atoms with Crippen LogP contribution in [0, 0.1) is 5.92 Å². The van der Waals surface area contributed by atoms with E-state index in [2.05, 4.69) is 18.8 Å². The predicted octanol–water partition coefficient (Wildman–Crippen LogP) is 5.46. The molecule has 0 saturated carbocycles. The van der Waals surface area contributed by atoms with E-state index >= 15 is 0 Å². The summed E-state index contributed by atoms with van der Waals surface area (Å²) in [4.78, 5) is 32.5. The number of fused-ring (bicyclic) bond motifs is 1. The summed E-state index contributed by atoms with van der Waals surface area (Å²) in [5.41, 5.74) is 2.88. The average molecular weight is 543 g/mol. The van der Waals surface area contributed by atoms with Gasteiger partial charge in [-0.1, -0.05) is 19.9 Å². The van der Waals surface area contributed by atoms with Crippen LogP contribution in [0.5, 0.6) is 17.2 Å². The number of carbonyl (C=O) groups is 2. The van der Waals surface area contributed by atoms with Crippen LogP contribution in [0.2, 0.25) is 0 Å². The summed E-state index contributed by atoms with van der Waals surface area (Å²) < 4.78 is 17.4. The van der Waals surface area contributed by atoms with Crippen molar-refractivity contribution in [1.82, 2.24) is 9.88 Å². The summed E-state index contributed by atoms with van der Waals surface area (Å²) in [7, 11) is 1.55. The lowest BCUT2D eigenvalue weighted by molar-refractivity contribution is -0.140. The van der Waals surface area contributed by atoms with Gasteiger partial charge in [-0.25, -0.2) is 0 Å². The highest BCUT2D eigenvalue weighted by Crippen LogP contribution is 2.43. The number of hydrogen-bond acceptors (Lipinski definition) is 7. The maximum atomic E-state index is 13.5. The number of ketones is 1. The Labute approximate surface area is 234 Å². The fourth-order valence-corrected chi connectivity index (χ4v) is 5.18. The van der Waals surface area contributed by atoms with Crippen molar-refractivity contribution >= 4 is 17.4 Å². The zero-order chi connectivity index (χ0) is 28.4. The number of aliphatic hydroxyl groups is 1. The second kappa shape index (κ2) is 11.4. The largest absolute Gasteiger partial charge is 0.507 e. The first-order chi connectivity index (χ1) is 19.3. The van der Waals surface area contributed by atoms with Gasteiger partial charge in [0.1, 0.15) is 17.6 Å². The van der Waals surface area contributed by atoms with Gasteiger partial charge in [-0.2, -0.15) is 0 Å². The number of Topliss-reactive ketones (excluding diaryl/α,β-unsaturated/α-hetero) is 1. The molecular formula is C32H34N2O6. The van der Waals surface area contributed by atoms with Gasteiger partial charge in [0.05, 0.1) is 25.3 Å². The van der Waals surface area contributed by atoms with Crippen molar-refractivity contribution < 1.29 is 28.9 Å². The summed E-state index contributed by atoms with van der Waals surface area (Å²) in [5.74, 6) is 0.670. The molecule has 0 aliphatic carbocycles. The smallest absolute Gasteiger partial charge is 0.295 e. The van der Waals surface area contributed by atoms with Crippen molar-refractivity contribution in [3.05, 3.63) is 88.8 Å². The first kappa shape index (κ1) is 27.2. The normalized spacial score (nSPS) is 19.6. The Morgan fingerprint density at radius 2 is 1.88 bits per heavy atom. The molecule has 2 aliphatic rings. The average Bonchev–Trinajstić information content (AvgIpc) is 3.44. The fourth-order valence-electron chi connectivity index (χ4n) is 5.18. The number of nitrogens with zero attached hydrogens (tertiary/aromatic N) is 2. The summed E-state index contributed by atoms with van der Waals surface area (Å²) in [6.45, 7) is 6.94. The quantitative estimate of drug-likeness (QED) is 0.218. The summed E-state index contributed by atoms with van der Waals surface area (Å²) in [6.07, 6.45) is 4.90. The SMILES string of the molecule is COc1cc([C@H]2C(=C(O)c3ccc4c(c3)C[C@H](C)O4)C(=O)C(=O)N2Cc2ccncc2)ccc1OCCC(C)C. The maximum Gasteiger partial charge on any atom is 0.295 e. The van der Waals surface area contributed by atoms with Crippen LogP contribution in [0.3, 0.4) is 0 Å². The zero-order valence-electron chi connectivity index (χ0n) is 23.2. The van der Waals surface area contributed by atoms with Gasteiger partial charge in [0, 0.05) is 30.9 Å². The molecule has 3 aromatic rings. The Hall–Kier alpha value is -4.33. The Morgan fingerprint density at radius 1 is 1.10 bits per heavy atom. The van der Waals surface area contributed by atoms with E-state index in [1.165, 1.54) is 4.90 Å². The molecule has 0 bridgehead atoms. The van der Waals surface area contributed by atoms with E-state index in [0.717, 1.165) is 23.3 Å². The highest BCUT2D eigenvalue weighted by atomic mass is 16.5. The number of ether oxygens (including phenoxy) is 3. The van der Waals surface area contributed by atoms with Gasteiger partial charge in [-0.05, 0) is 78.4 Å². The third-order valence-electron chi connectivity index (χ3n) is 7.27. The number of pyridine rings is 1. The number of likely N-dealkylation sites (tertiary alicyclic amines) is 1. The first-order valence-corrected chi connectivity index (χ1v) is 13.5. The van der Waals surface area contributed by atoms with Crippen LogP contribution in [0.25, 0.3) is 5.76 Å². The van der Waals surface area contributed by atoms with E-state index in [1.807, 2.05) is 19.1 Å². The number of amides is 1. The number of rotatable bonds is 9. The maximum absolute atomic E-state index is 13.5. The molecule has 0 unspecified atom stereocenters. The molecule has 2 aliphatic heterocycles. The van der Waals surface area contributed by atoms with Crippen molar-refractivity contribution in [3.63, 3.8) is 0 Å². The number of benzene rings is 2. The van der Waals surface area contributed by atoms with Gasteiger partial charge in [-0.3, -0.25) is 14.6 Å². The molecule has 1 aromatic heterocycles. The van der Waals surface area contributed by atoms with Gasteiger partial charge in [0.25, 0.3) is 11.7 Å². The molecule has 1 amide bonds. The fraction of sp³-hybridized carbons (Fsp3) is 0.344. The lowest BCUT2D eigenvalue weighted by Crippen LogP contribution is -2.29. The predicted molar refractivity (Wildman–Crippen MR) is 150 cm³/mol. The van der Waals surface area contributed by atoms with Crippen molar-refractivity contribution in [2.24, 2.45) is 5.92 Å². The van der Waals surface area contributed by atoms with Crippen molar-refractivity contribution in [2.45, 2.75) is 52.3 Å². The topological polar surface area (TPSA) is 98.2 Å². The molecule has 8 nitrogen and oxygen atoms in total. The molecule has 5 rings (SSSR count). The molecule has 0 spiro atoms. The summed E-state index contributed by atoms with van der Waals surface area (Å²) >= 11 is 0. The van der Waals surface area contributed by atoms with Crippen LogP contribution >= 0.6 is 0 Å². The van der Waals surface area contributed by atoms with Gasteiger partial charge in [0.15, 0.2) is 11.5 Å². The van der Waals surface area contributed by atoms with Crippen LogP contribution in [-0.4, -0.2) is 46.5 Å². The molecule has 8 heteroatoms. The van der Waals surface area contributed by atoms with Crippen LogP contribution in [0.4, 0.5) is 0 Å². The number of carbonyl (C=O) groups excluding carboxylic acids is 2. The van der Waals surface area contributed by atoms with Crippen LogP contribution < -0.4 is 14.2 Å². The Morgan fingerprint density at radius 3 is 2.60 bits per heavy atom. The highest BCUT2D eigenvalue weighted by molar-refractivity contribution is 6.46. The van der Waals surface area contributed by atoms with E-state index in [-0.39, 0.29) is 24.0 Å². The molecule has 1 fully saturated rings. The van der Waals surface area contributed by atoms with Gasteiger partial charge in [0.2, 0.25) is 0 Å². The molecule has 2 atom stereocenters. The second-order valence-electron chi connectivity index (χ2n) is 10.7. The number of aromatic nitrogens is 1. The Kier molecular flexibility index (Phi) is 7.78. The number of hydrogen-bond donors (Lipinski definition) is 1. The molecule has 3 heterocycles. The number of methoxy groups -OCH3 is 1.